The largest absolute Gasteiger partial charge is 0.497 e. The van der Waals surface area contributed by atoms with E-state index in [2.05, 4.69) is 17.2 Å². The lowest BCUT2D eigenvalue weighted by atomic mass is 10.0. The smallest absolute Gasteiger partial charge is 0.122 e. The molecule has 1 N–H and O–H groups in total. The number of nitrogens with one attached hydrogen (secondary N) is 1. The molecule has 0 fully saturated rings. The maximum Gasteiger partial charge on any atom is 0.122 e. The molecular weight excluding hydrogens is 272 g/mol. The quantitative estimate of drug-likeness (QED) is 0.888. The Balaban J connectivity index is 2.46. The van der Waals surface area contributed by atoms with Crippen molar-refractivity contribution in [2.75, 3.05) is 20.8 Å². The van der Waals surface area contributed by atoms with Gasteiger partial charge < -0.3 is 14.8 Å². The highest BCUT2D eigenvalue weighted by Crippen LogP contribution is 2.32. The predicted molar refractivity (Wildman–Crippen MR) is 81.9 cm³/mol. The van der Waals surface area contributed by atoms with Gasteiger partial charge in [0.2, 0.25) is 0 Å². The molecule has 2 aromatic rings. The van der Waals surface area contributed by atoms with Gasteiger partial charge in [-0.25, -0.2) is 4.98 Å². The molecule has 20 heavy (non-hydrogen) atoms. The van der Waals surface area contributed by atoms with Crippen LogP contribution < -0.4 is 14.8 Å². The Labute approximate surface area is 123 Å². The van der Waals surface area contributed by atoms with Crippen LogP contribution in [0.25, 0.3) is 0 Å². The number of thiazole rings is 1. The van der Waals surface area contributed by atoms with Gasteiger partial charge in [-0.15, -0.1) is 11.3 Å². The van der Waals surface area contributed by atoms with Crippen LogP contribution in [0.1, 0.15) is 29.1 Å². The summed E-state index contributed by atoms with van der Waals surface area (Å²) in [6.45, 7) is 5.01. The van der Waals surface area contributed by atoms with Crippen molar-refractivity contribution in [1.29, 1.82) is 0 Å². The second-order valence-electron chi connectivity index (χ2n) is 4.44. The fourth-order valence-electron chi connectivity index (χ4n) is 2.15. The molecule has 0 aliphatic rings. The van der Waals surface area contributed by atoms with Crippen LogP contribution in [0, 0.1) is 6.92 Å². The molecule has 2 rings (SSSR count). The van der Waals surface area contributed by atoms with E-state index in [-0.39, 0.29) is 6.04 Å². The second-order valence-corrected chi connectivity index (χ2v) is 5.33. The zero-order valence-electron chi connectivity index (χ0n) is 12.3. The molecule has 1 heterocycles. The number of methoxy groups -OCH3 is 2. The van der Waals surface area contributed by atoms with E-state index in [0.29, 0.717) is 0 Å². The minimum atomic E-state index is 0.108. The van der Waals surface area contributed by atoms with Gasteiger partial charge in [-0.05, 0) is 31.2 Å². The second kappa shape index (κ2) is 6.72. The Bertz CT molecular complexity index is 547. The van der Waals surface area contributed by atoms with Crippen LogP contribution >= 0.6 is 11.3 Å². The number of aryl methyl sites for hydroxylation is 1. The third-order valence-electron chi connectivity index (χ3n) is 3.16. The number of hydrogen-bond acceptors (Lipinski definition) is 5. The Hall–Kier alpha value is -1.59. The summed E-state index contributed by atoms with van der Waals surface area (Å²) in [4.78, 5) is 5.57. The lowest BCUT2D eigenvalue weighted by Crippen LogP contribution is -2.22. The van der Waals surface area contributed by atoms with Crippen LogP contribution in [-0.4, -0.2) is 25.7 Å². The monoisotopic (exact) mass is 292 g/mol. The van der Waals surface area contributed by atoms with Crippen LogP contribution in [0.15, 0.2) is 23.7 Å². The molecule has 1 aromatic carbocycles. The van der Waals surface area contributed by atoms with Crippen molar-refractivity contribution in [3.8, 4) is 11.5 Å². The van der Waals surface area contributed by atoms with Crippen molar-refractivity contribution in [1.82, 2.24) is 10.3 Å². The van der Waals surface area contributed by atoms with E-state index in [1.165, 1.54) is 4.88 Å². The number of hydrogen-bond donors (Lipinski definition) is 1. The topological polar surface area (TPSA) is 43.4 Å². The number of rotatable bonds is 6. The highest BCUT2D eigenvalue weighted by Gasteiger charge is 2.19. The third kappa shape index (κ3) is 3.11. The summed E-state index contributed by atoms with van der Waals surface area (Å²) >= 11 is 1.66. The standard InChI is InChI=1S/C15H20N2O2S/c1-5-16-14(15-10(2)17-9-20-15)11-6-12(18-3)8-13(7-11)19-4/h6-9,14,16H,5H2,1-4H3. The van der Waals surface area contributed by atoms with E-state index in [1.807, 2.05) is 30.6 Å². The van der Waals surface area contributed by atoms with Crippen molar-refractivity contribution in [2.45, 2.75) is 19.9 Å². The number of ether oxygens (including phenoxy) is 2. The lowest BCUT2D eigenvalue weighted by molar-refractivity contribution is 0.392. The summed E-state index contributed by atoms with van der Waals surface area (Å²) in [6.07, 6.45) is 0. The summed E-state index contributed by atoms with van der Waals surface area (Å²) in [7, 11) is 3.33. The fraction of sp³-hybridized carbons (Fsp3) is 0.400. The molecule has 1 aromatic heterocycles. The zero-order valence-corrected chi connectivity index (χ0v) is 13.1. The molecule has 0 aliphatic heterocycles. The zero-order chi connectivity index (χ0) is 14.5. The normalized spacial score (nSPS) is 12.2. The molecule has 0 saturated heterocycles. The Morgan fingerprint density at radius 1 is 1.20 bits per heavy atom. The van der Waals surface area contributed by atoms with E-state index in [1.54, 1.807) is 25.6 Å². The lowest BCUT2D eigenvalue weighted by Gasteiger charge is -2.19. The summed E-state index contributed by atoms with van der Waals surface area (Å²) in [6, 6.07) is 6.06. The van der Waals surface area contributed by atoms with Crippen LogP contribution in [0.2, 0.25) is 0 Å². The molecule has 5 heteroatoms. The van der Waals surface area contributed by atoms with E-state index >= 15 is 0 Å². The van der Waals surface area contributed by atoms with E-state index in [0.717, 1.165) is 29.3 Å². The molecule has 1 unspecified atom stereocenters. The fourth-order valence-corrected chi connectivity index (χ4v) is 3.05. The molecule has 0 amide bonds. The van der Waals surface area contributed by atoms with Gasteiger partial charge in [-0.1, -0.05) is 6.92 Å². The highest BCUT2D eigenvalue weighted by atomic mass is 32.1. The Morgan fingerprint density at radius 2 is 1.85 bits per heavy atom. The number of aromatic nitrogens is 1. The maximum atomic E-state index is 5.35. The maximum absolute atomic E-state index is 5.35. The van der Waals surface area contributed by atoms with Gasteiger partial charge in [0.15, 0.2) is 0 Å². The molecule has 0 spiro atoms. The average molecular weight is 292 g/mol. The molecule has 4 nitrogen and oxygen atoms in total. The minimum absolute atomic E-state index is 0.108. The average Bonchev–Trinajstić information content (AvgIpc) is 2.90. The Kier molecular flexibility index (Phi) is 4.98. The van der Waals surface area contributed by atoms with Crippen molar-refractivity contribution >= 4 is 11.3 Å². The molecule has 1 atom stereocenters. The molecule has 0 bridgehead atoms. The molecular formula is C15H20N2O2S. The molecule has 0 saturated carbocycles. The van der Waals surface area contributed by atoms with Crippen LogP contribution in [0.5, 0.6) is 11.5 Å². The summed E-state index contributed by atoms with van der Waals surface area (Å²) < 4.78 is 10.7. The van der Waals surface area contributed by atoms with Gasteiger partial charge in [-0.3, -0.25) is 0 Å². The first-order valence-electron chi connectivity index (χ1n) is 6.56. The predicted octanol–water partition coefficient (Wildman–Crippen LogP) is 3.17. The molecule has 0 radical (unpaired) electrons. The Morgan fingerprint density at radius 3 is 2.30 bits per heavy atom. The van der Waals surface area contributed by atoms with Crippen molar-refractivity contribution < 1.29 is 9.47 Å². The molecule has 0 aliphatic carbocycles. The highest BCUT2D eigenvalue weighted by molar-refractivity contribution is 7.09. The minimum Gasteiger partial charge on any atom is -0.497 e. The van der Waals surface area contributed by atoms with Crippen LogP contribution in [0.4, 0.5) is 0 Å². The first-order valence-corrected chi connectivity index (χ1v) is 7.43. The van der Waals surface area contributed by atoms with Crippen LogP contribution in [0.3, 0.4) is 0 Å². The van der Waals surface area contributed by atoms with Gasteiger partial charge in [-0.2, -0.15) is 0 Å². The summed E-state index contributed by atoms with van der Waals surface area (Å²) in [5, 5.41) is 3.50. The van der Waals surface area contributed by atoms with Gasteiger partial charge in [0, 0.05) is 10.9 Å². The van der Waals surface area contributed by atoms with Crippen molar-refractivity contribution in [3.63, 3.8) is 0 Å². The van der Waals surface area contributed by atoms with Gasteiger partial charge >= 0.3 is 0 Å². The van der Waals surface area contributed by atoms with E-state index in [4.69, 9.17) is 9.47 Å². The van der Waals surface area contributed by atoms with E-state index < -0.39 is 0 Å². The SMILES string of the molecule is CCNC(c1cc(OC)cc(OC)c1)c1scnc1C. The van der Waals surface area contributed by atoms with Crippen molar-refractivity contribution in [3.05, 3.63) is 39.8 Å². The molecule has 108 valence electrons. The number of benzene rings is 1. The summed E-state index contributed by atoms with van der Waals surface area (Å²) in [5.41, 5.74) is 4.06. The van der Waals surface area contributed by atoms with Gasteiger partial charge in [0.25, 0.3) is 0 Å². The number of nitrogens with zero attached hydrogens (tertiary/aromatic N) is 1. The summed E-state index contributed by atoms with van der Waals surface area (Å²) in [5.74, 6) is 1.59. The van der Waals surface area contributed by atoms with Crippen molar-refractivity contribution in [2.24, 2.45) is 0 Å². The first-order chi connectivity index (χ1) is 9.69. The third-order valence-corrected chi connectivity index (χ3v) is 4.16. The van der Waals surface area contributed by atoms with Gasteiger partial charge in [0.1, 0.15) is 11.5 Å². The van der Waals surface area contributed by atoms with E-state index in [9.17, 15) is 0 Å². The van der Waals surface area contributed by atoms with Gasteiger partial charge in [0.05, 0.1) is 31.5 Å². The van der Waals surface area contributed by atoms with Crippen LogP contribution in [-0.2, 0) is 0 Å². The first kappa shape index (κ1) is 14.8.